The molecule has 0 radical (unpaired) electrons. The van der Waals surface area contributed by atoms with E-state index in [1.54, 1.807) is 12.1 Å². The summed E-state index contributed by atoms with van der Waals surface area (Å²) in [5, 5.41) is 3.20. The van der Waals surface area contributed by atoms with Crippen LogP contribution in [0.25, 0.3) is 11.7 Å². The highest BCUT2D eigenvalue weighted by Gasteiger charge is 2.29. The molecular formula is C20H15ClN2O4S. The largest absolute Gasteiger partial charge is 0.459 e. The third kappa shape index (κ3) is 3.54. The summed E-state index contributed by atoms with van der Waals surface area (Å²) in [4.78, 5) is 4.25. The summed E-state index contributed by atoms with van der Waals surface area (Å²) in [7, 11) is -3.95. The topological polar surface area (TPSA) is 85.3 Å². The third-order valence-corrected chi connectivity index (χ3v) is 5.95. The van der Waals surface area contributed by atoms with Gasteiger partial charge in [0, 0.05) is 10.7 Å². The quantitative estimate of drug-likeness (QED) is 0.465. The maximum atomic E-state index is 13.2. The molecule has 6 nitrogen and oxygen atoms in total. The summed E-state index contributed by atoms with van der Waals surface area (Å²) >= 11 is 5.88. The summed E-state index contributed by atoms with van der Waals surface area (Å²) in [5.41, 5.74) is 1.74. The highest BCUT2D eigenvalue weighted by molar-refractivity contribution is 7.91. The van der Waals surface area contributed by atoms with Crippen molar-refractivity contribution >= 4 is 33.0 Å². The number of aryl methyl sites for hydroxylation is 1. The second-order valence-corrected chi connectivity index (χ2v) is 8.38. The van der Waals surface area contributed by atoms with Gasteiger partial charge in [-0.3, -0.25) is 0 Å². The molecule has 0 amide bonds. The fraction of sp³-hybridized carbons (Fsp3) is 0.0500. The molecule has 4 rings (SSSR count). The fourth-order valence-electron chi connectivity index (χ4n) is 2.57. The van der Waals surface area contributed by atoms with Crippen LogP contribution in [0.2, 0.25) is 5.02 Å². The van der Waals surface area contributed by atoms with Crippen molar-refractivity contribution in [3.05, 3.63) is 77.5 Å². The lowest BCUT2D eigenvalue weighted by atomic mass is 10.2. The van der Waals surface area contributed by atoms with Crippen molar-refractivity contribution < 1.29 is 17.3 Å². The molecule has 142 valence electrons. The van der Waals surface area contributed by atoms with E-state index in [0.29, 0.717) is 16.5 Å². The van der Waals surface area contributed by atoms with Crippen LogP contribution >= 0.6 is 11.6 Å². The number of hydrogen-bond donors (Lipinski definition) is 1. The van der Waals surface area contributed by atoms with Crippen LogP contribution in [0.1, 0.15) is 5.56 Å². The smallest absolute Gasteiger partial charge is 0.266 e. The van der Waals surface area contributed by atoms with E-state index in [1.165, 1.54) is 30.5 Å². The lowest BCUT2D eigenvalue weighted by Gasteiger charge is -2.06. The van der Waals surface area contributed by atoms with E-state index in [-0.39, 0.29) is 21.7 Å². The fourth-order valence-corrected chi connectivity index (χ4v) is 3.95. The molecule has 2 heterocycles. The minimum Gasteiger partial charge on any atom is -0.459 e. The number of aromatic nitrogens is 1. The Morgan fingerprint density at radius 2 is 1.71 bits per heavy atom. The van der Waals surface area contributed by atoms with Gasteiger partial charge < -0.3 is 14.2 Å². The Morgan fingerprint density at radius 1 is 1.00 bits per heavy atom. The first-order chi connectivity index (χ1) is 13.4. The first-order valence-electron chi connectivity index (χ1n) is 8.32. The predicted molar refractivity (Wildman–Crippen MR) is 106 cm³/mol. The molecule has 1 N–H and O–H groups in total. The normalized spacial score (nSPS) is 11.5. The average molecular weight is 415 g/mol. The van der Waals surface area contributed by atoms with Gasteiger partial charge in [-0.05, 0) is 55.5 Å². The summed E-state index contributed by atoms with van der Waals surface area (Å²) in [5.74, 6) is 0.391. The van der Waals surface area contributed by atoms with Crippen LogP contribution in [0.15, 0.2) is 85.7 Å². The number of hydrogen-bond acceptors (Lipinski definition) is 6. The van der Waals surface area contributed by atoms with Gasteiger partial charge in [-0.25, -0.2) is 8.42 Å². The third-order valence-electron chi connectivity index (χ3n) is 4.02. The number of rotatable bonds is 5. The van der Waals surface area contributed by atoms with E-state index in [9.17, 15) is 8.42 Å². The molecule has 2 aromatic carbocycles. The monoisotopic (exact) mass is 414 g/mol. The van der Waals surface area contributed by atoms with E-state index < -0.39 is 9.84 Å². The van der Waals surface area contributed by atoms with Crippen LogP contribution in [-0.2, 0) is 9.84 Å². The lowest BCUT2D eigenvalue weighted by molar-refractivity contribution is 0.524. The van der Waals surface area contributed by atoms with Crippen LogP contribution in [0.3, 0.4) is 0 Å². The second kappa shape index (κ2) is 7.18. The van der Waals surface area contributed by atoms with Crippen LogP contribution in [0.5, 0.6) is 0 Å². The molecule has 0 unspecified atom stereocenters. The number of halogens is 1. The number of furan rings is 1. The van der Waals surface area contributed by atoms with Gasteiger partial charge in [-0.1, -0.05) is 29.3 Å². The zero-order valence-corrected chi connectivity index (χ0v) is 16.3. The molecule has 28 heavy (non-hydrogen) atoms. The minimum absolute atomic E-state index is 0.00482. The van der Waals surface area contributed by atoms with Gasteiger partial charge in [-0.2, -0.15) is 4.98 Å². The van der Waals surface area contributed by atoms with E-state index in [1.807, 2.05) is 31.2 Å². The summed E-state index contributed by atoms with van der Waals surface area (Å²) < 4.78 is 37.3. The van der Waals surface area contributed by atoms with Gasteiger partial charge in [-0.15, -0.1) is 0 Å². The first kappa shape index (κ1) is 18.3. The number of nitrogens with one attached hydrogen (secondary N) is 1. The van der Waals surface area contributed by atoms with Gasteiger partial charge in [0.25, 0.3) is 5.89 Å². The minimum atomic E-state index is -3.95. The Hall–Kier alpha value is -3.03. The van der Waals surface area contributed by atoms with Crippen molar-refractivity contribution in [1.82, 2.24) is 4.98 Å². The molecule has 0 spiro atoms. The Balaban J connectivity index is 1.82. The Bertz CT molecular complexity index is 1200. The number of nitrogens with zero attached hydrogens (tertiary/aromatic N) is 1. The molecule has 0 atom stereocenters. The standard InChI is InChI=1S/C20H15ClN2O4S/c1-13-4-8-15(9-5-13)22-19-20(23-18(27-19)17-3-2-12-26-17)28(24,25)16-10-6-14(21)7-11-16/h2-12,22H,1H3. The molecule has 0 aliphatic rings. The van der Waals surface area contributed by atoms with Crippen LogP contribution in [-0.4, -0.2) is 13.4 Å². The Labute approximate surface area is 166 Å². The highest BCUT2D eigenvalue weighted by Crippen LogP contribution is 2.34. The van der Waals surface area contributed by atoms with E-state index in [0.717, 1.165) is 5.56 Å². The zero-order valence-electron chi connectivity index (χ0n) is 14.7. The van der Waals surface area contributed by atoms with Gasteiger partial charge in [0.1, 0.15) is 0 Å². The zero-order chi connectivity index (χ0) is 19.7. The predicted octanol–water partition coefficient (Wildman–Crippen LogP) is 5.47. The maximum Gasteiger partial charge on any atom is 0.266 e. The van der Waals surface area contributed by atoms with Crippen molar-refractivity contribution in [3.8, 4) is 11.7 Å². The Morgan fingerprint density at radius 3 is 2.36 bits per heavy atom. The molecule has 8 heteroatoms. The highest BCUT2D eigenvalue weighted by atomic mass is 35.5. The molecule has 0 aliphatic carbocycles. The summed E-state index contributed by atoms with van der Waals surface area (Å²) in [6.07, 6.45) is 1.46. The Kier molecular flexibility index (Phi) is 4.70. The molecule has 0 saturated carbocycles. The second-order valence-electron chi connectivity index (χ2n) is 6.08. The van der Waals surface area contributed by atoms with Crippen LogP contribution in [0, 0.1) is 6.92 Å². The molecule has 0 fully saturated rings. The maximum absolute atomic E-state index is 13.2. The SMILES string of the molecule is Cc1ccc(Nc2oc(-c3ccco3)nc2S(=O)(=O)c2ccc(Cl)cc2)cc1. The molecule has 0 saturated heterocycles. The van der Waals surface area contributed by atoms with Crippen molar-refractivity contribution in [2.75, 3.05) is 5.32 Å². The molecular weight excluding hydrogens is 400 g/mol. The van der Waals surface area contributed by atoms with E-state index >= 15 is 0 Å². The molecule has 0 aliphatic heterocycles. The number of oxazole rings is 1. The summed E-state index contributed by atoms with van der Waals surface area (Å²) in [6, 6.07) is 16.6. The molecule has 4 aromatic rings. The molecule has 0 bridgehead atoms. The average Bonchev–Trinajstić information content (AvgIpc) is 3.34. The number of benzene rings is 2. The van der Waals surface area contributed by atoms with Crippen molar-refractivity contribution in [2.45, 2.75) is 16.8 Å². The molecule has 2 aromatic heterocycles. The van der Waals surface area contributed by atoms with Gasteiger partial charge in [0.15, 0.2) is 5.76 Å². The van der Waals surface area contributed by atoms with Crippen molar-refractivity contribution in [3.63, 3.8) is 0 Å². The lowest BCUT2D eigenvalue weighted by Crippen LogP contribution is -2.05. The number of sulfone groups is 1. The van der Waals surface area contributed by atoms with Crippen molar-refractivity contribution in [1.29, 1.82) is 0 Å². The van der Waals surface area contributed by atoms with Gasteiger partial charge in [0.05, 0.1) is 11.2 Å². The van der Waals surface area contributed by atoms with E-state index in [4.69, 9.17) is 20.4 Å². The summed E-state index contributed by atoms with van der Waals surface area (Å²) in [6.45, 7) is 1.96. The van der Waals surface area contributed by atoms with Gasteiger partial charge >= 0.3 is 0 Å². The van der Waals surface area contributed by atoms with E-state index in [2.05, 4.69) is 10.3 Å². The van der Waals surface area contributed by atoms with Gasteiger partial charge in [0.2, 0.25) is 20.7 Å². The first-order valence-corrected chi connectivity index (χ1v) is 10.2. The van der Waals surface area contributed by atoms with Crippen LogP contribution in [0.4, 0.5) is 11.6 Å². The van der Waals surface area contributed by atoms with Crippen molar-refractivity contribution in [2.24, 2.45) is 0 Å². The number of anilines is 2. The van der Waals surface area contributed by atoms with Crippen LogP contribution < -0.4 is 5.32 Å².